The largest absolute Gasteiger partial charge is 0.451 e. The molecule has 0 radical (unpaired) electrons. The molecular weight excluding hydrogens is 240 g/mol. The Hall–Kier alpha value is -1.81. The summed E-state index contributed by atoms with van der Waals surface area (Å²) in [6.07, 6.45) is 0.943. The normalized spacial score (nSPS) is 22.8. The molecule has 1 fully saturated rings. The van der Waals surface area contributed by atoms with Crippen LogP contribution in [0.2, 0.25) is 0 Å². The number of fused-ring (bicyclic) bond motifs is 1. The predicted octanol–water partition coefficient (Wildman–Crippen LogP) is 2.22. The number of hydrogen-bond donors (Lipinski definition) is 2. The van der Waals surface area contributed by atoms with Gasteiger partial charge in [0.2, 0.25) is 0 Å². The van der Waals surface area contributed by atoms with Crippen LogP contribution in [0.5, 0.6) is 0 Å². The molecule has 1 aromatic carbocycles. The molecule has 2 aromatic rings. The number of hydrogen-bond acceptors (Lipinski definition) is 3. The first-order valence-corrected chi connectivity index (χ1v) is 6.59. The third-order valence-corrected chi connectivity index (χ3v) is 3.68. The van der Waals surface area contributed by atoms with E-state index in [2.05, 4.69) is 17.6 Å². The molecule has 2 N–H and O–H groups in total. The molecule has 1 saturated heterocycles. The zero-order valence-electron chi connectivity index (χ0n) is 11.2. The minimum Gasteiger partial charge on any atom is -0.451 e. The molecule has 1 amide bonds. The van der Waals surface area contributed by atoms with Crippen LogP contribution in [0.4, 0.5) is 0 Å². The predicted molar refractivity (Wildman–Crippen MR) is 74.3 cm³/mol. The van der Waals surface area contributed by atoms with Crippen molar-refractivity contribution in [3.63, 3.8) is 0 Å². The van der Waals surface area contributed by atoms with E-state index in [1.54, 1.807) is 0 Å². The monoisotopic (exact) mass is 258 g/mol. The van der Waals surface area contributed by atoms with E-state index in [1.807, 2.05) is 31.2 Å². The van der Waals surface area contributed by atoms with Crippen LogP contribution in [0.1, 0.15) is 29.5 Å². The van der Waals surface area contributed by atoms with Crippen molar-refractivity contribution in [3.8, 4) is 0 Å². The summed E-state index contributed by atoms with van der Waals surface area (Å²) in [5.41, 5.74) is 1.74. The molecule has 1 aromatic heterocycles. The molecule has 1 aliphatic heterocycles. The molecule has 1 aliphatic rings. The van der Waals surface area contributed by atoms with E-state index in [0.29, 0.717) is 5.76 Å². The highest BCUT2D eigenvalue weighted by Crippen LogP contribution is 2.22. The Morgan fingerprint density at radius 3 is 3.00 bits per heavy atom. The Bertz CT molecular complexity index is 624. The Morgan fingerprint density at radius 2 is 2.26 bits per heavy atom. The van der Waals surface area contributed by atoms with Gasteiger partial charge in [0.1, 0.15) is 5.58 Å². The van der Waals surface area contributed by atoms with Crippen LogP contribution in [0, 0.1) is 6.92 Å². The lowest BCUT2D eigenvalue weighted by Gasteiger charge is -2.23. The fraction of sp³-hybridized carbons (Fsp3) is 0.400. The molecule has 2 heterocycles. The Kier molecular flexibility index (Phi) is 2.82. The van der Waals surface area contributed by atoms with E-state index in [-0.39, 0.29) is 11.4 Å². The van der Waals surface area contributed by atoms with Crippen LogP contribution in [-0.4, -0.2) is 24.5 Å². The topological polar surface area (TPSA) is 54.3 Å². The van der Waals surface area contributed by atoms with E-state index < -0.39 is 0 Å². The average molecular weight is 258 g/mol. The number of benzene rings is 1. The second kappa shape index (κ2) is 4.38. The minimum atomic E-state index is -0.175. The summed E-state index contributed by atoms with van der Waals surface area (Å²) in [5, 5.41) is 7.28. The summed E-state index contributed by atoms with van der Waals surface area (Å²) in [6.45, 7) is 5.82. The molecule has 0 spiro atoms. The number of carbonyl (C=O) groups is 1. The zero-order chi connectivity index (χ0) is 13.5. The Balaban J connectivity index is 1.85. The zero-order valence-corrected chi connectivity index (χ0v) is 11.2. The van der Waals surface area contributed by atoms with Gasteiger partial charge in [0.25, 0.3) is 5.91 Å². The third kappa shape index (κ3) is 2.36. The Morgan fingerprint density at radius 1 is 1.42 bits per heavy atom. The van der Waals surface area contributed by atoms with Gasteiger partial charge < -0.3 is 15.1 Å². The summed E-state index contributed by atoms with van der Waals surface area (Å²) < 4.78 is 5.61. The number of carbonyl (C=O) groups excluding carboxylic acids is 1. The van der Waals surface area contributed by atoms with E-state index >= 15 is 0 Å². The van der Waals surface area contributed by atoms with Crippen LogP contribution < -0.4 is 10.6 Å². The van der Waals surface area contributed by atoms with Crippen LogP contribution in [0.3, 0.4) is 0 Å². The van der Waals surface area contributed by atoms with Crippen LogP contribution in [-0.2, 0) is 0 Å². The van der Waals surface area contributed by atoms with Gasteiger partial charge in [0.05, 0.1) is 5.54 Å². The molecule has 0 saturated carbocycles. The van der Waals surface area contributed by atoms with E-state index in [1.165, 1.54) is 0 Å². The second-order valence-electron chi connectivity index (χ2n) is 5.59. The van der Waals surface area contributed by atoms with Gasteiger partial charge in [-0.15, -0.1) is 0 Å². The molecule has 1 atom stereocenters. The maximum Gasteiger partial charge on any atom is 0.287 e. The number of amides is 1. The van der Waals surface area contributed by atoms with Crippen LogP contribution in [0.25, 0.3) is 11.0 Å². The highest BCUT2D eigenvalue weighted by molar-refractivity contribution is 5.96. The van der Waals surface area contributed by atoms with Gasteiger partial charge in [-0.3, -0.25) is 4.79 Å². The molecule has 19 heavy (non-hydrogen) atoms. The van der Waals surface area contributed by atoms with Crippen LogP contribution >= 0.6 is 0 Å². The maximum atomic E-state index is 12.2. The molecule has 1 unspecified atom stereocenters. The summed E-state index contributed by atoms with van der Waals surface area (Å²) in [4.78, 5) is 12.2. The minimum absolute atomic E-state index is 0.139. The third-order valence-electron chi connectivity index (χ3n) is 3.68. The van der Waals surface area contributed by atoms with Crippen molar-refractivity contribution in [3.05, 3.63) is 35.6 Å². The van der Waals surface area contributed by atoms with Crippen molar-refractivity contribution in [1.82, 2.24) is 10.6 Å². The molecule has 0 bridgehead atoms. The van der Waals surface area contributed by atoms with Crippen molar-refractivity contribution in [2.45, 2.75) is 25.8 Å². The first-order valence-electron chi connectivity index (χ1n) is 6.59. The highest BCUT2D eigenvalue weighted by Gasteiger charge is 2.31. The van der Waals surface area contributed by atoms with Gasteiger partial charge in [0, 0.05) is 11.9 Å². The van der Waals surface area contributed by atoms with Gasteiger partial charge in [-0.1, -0.05) is 11.6 Å². The number of rotatable bonds is 2. The van der Waals surface area contributed by atoms with Gasteiger partial charge in [0.15, 0.2) is 5.76 Å². The molecule has 0 aliphatic carbocycles. The van der Waals surface area contributed by atoms with Crippen molar-refractivity contribution >= 4 is 16.9 Å². The van der Waals surface area contributed by atoms with Crippen molar-refractivity contribution in [2.75, 3.05) is 13.1 Å². The lowest BCUT2D eigenvalue weighted by Crippen LogP contribution is -2.47. The Labute approximate surface area is 112 Å². The smallest absolute Gasteiger partial charge is 0.287 e. The summed E-state index contributed by atoms with van der Waals surface area (Å²) >= 11 is 0. The van der Waals surface area contributed by atoms with Gasteiger partial charge in [-0.05, 0) is 45.0 Å². The number of nitrogens with one attached hydrogen (secondary N) is 2. The summed E-state index contributed by atoms with van der Waals surface area (Å²) in [5.74, 6) is 0.244. The molecule has 4 heteroatoms. The van der Waals surface area contributed by atoms with Gasteiger partial charge in [-0.25, -0.2) is 0 Å². The fourth-order valence-corrected chi connectivity index (χ4v) is 2.53. The van der Waals surface area contributed by atoms with E-state index in [4.69, 9.17) is 4.42 Å². The molecule has 3 rings (SSSR count). The average Bonchev–Trinajstić information content (AvgIpc) is 2.95. The standard InChI is InChI=1S/C15H18N2O2/c1-10-3-4-12-11(7-10)8-13(19-12)14(18)17-15(2)5-6-16-9-15/h3-4,7-8,16H,5-6,9H2,1-2H3,(H,17,18). The van der Waals surface area contributed by atoms with Crippen molar-refractivity contribution in [2.24, 2.45) is 0 Å². The van der Waals surface area contributed by atoms with Crippen molar-refractivity contribution < 1.29 is 9.21 Å². The number of furan rings is 1. The van der Waals surface area contributed by atoms with Crippen molar-refractivity contribution in [1.29, 1.82) is 0 Å². The van der Waals surface area contributed by atoms with E-state index in [9.17, 15) is 4.79 Å². The molecule has 4 nitrogen and oxygen atoms in total. The first-order chi connectivity index (χ1) is 9.06. The fourth-order valence-electron chi connectivity index (χ4n) is 2.53. The highest BCUT2D eigenvalue weighted by atomic mass is 16.3. The summed E-state index contributed by atoms with van der Waals surface area (Å²) in [6, 6.07) is 7.72. The van der Waals surface area contributed by atoms with Gasteiger partial charge >= 0.3 is 0 Å². The SMILES string of the molecule is Cc1ccc2oc(C(=O)NC3(C)CCNC3)cc2c1. The first kappa shape index (κ1) is 12.2. The lowest BCUT2D eigenvalue weighted by molar-refractivity contribution is 0.0887. The van der Waals surface area contributed by atoms with Crippen LogP contribution in [0.15, 0.2) is 28.7 Å². The van der Waals surface area contributed by atoms with E-state index in [0.717, 1.165) is 36.0 Å². The number of aryl methyl sites for hydroxylation is 1. The van der Waals surface area contributed by atoms with Gasteiger partial charge in [-0.2, -0.15) is 0 Å². The summed E-state index contributed by atoms with van der Waals surface area (Å²) in [7, 11) is 0. The lowest BCUT2D eigenvalue weighted by atomic mass is 10.0. The maximum absolute atomic E-state index is 12.2. The molecule has 100 valence electrons. The molecular formula is C15H18N2O2. The second-order valence-corrected chi connectivity index (χ2v) is 5.59. The quantitative estimate of drug-likeness (QED) is 0.868.